The van der Waals surface area contributed by atoms with Gasteiger partial charge >= 0.3 is 5.97 Å². The van der Waals surface area contributed by atoms with Gasteiger partial charge < -0.3 is 73.8 Å². The van der Waals surface area contributed by atoms with Crippen LogP contribution in [-0.2, 0) is 57.5 Å². The third-order valence-electron chi connectivity index (χ3n) is 12.0. The number of carbonyl (C=O) groups is 12. The van der Waals surface area contributed by atoms with Crippen molar-refractivity contribution < 1.29 is 93.5 Å². The van der Waals surface area contributed by atoms with Crippen LogP contribution in [-0.4, -0.2) is 198 Å². The maximum absolute atomic E-state index is 13.7. The number of nitrogens with two attached hydrogens (primary N) is 1. The first kappa shape index (κ1) is 68.9. The van der Waals surface area contributed by atoms with Crippen LogP contribution in [0.4, 0.5) is 0 Å². The zero-order valence-electron chi connectivity index (χ0n) is 44.2. The topological polar surface area (TPSA) is 475 Å². The lowest BCUT2D eigenvalue weighted by molar-refractivity contribution is -0.173. The Balaban J connectivity index is 3.19. The second-order valence-electron chi connectivity index (χ2n) is 18.2. The lowest BCUT2D eigenvalue weighted by Gasteiger charge is -2.29. The quantitative estimate of drug-likeness (QED) is 0.00912. The van der Waals surface area contributed by atoms with Gasteiger partial charge in [0.1, 0.15) is 48.0 Å². The molecule has 11 amide bonds. The van der Waals surface area contributed by atoms with E-state index in [0.717, 1.165) is 51.5 Å². The number of aliphatic carboxylic acids is 1. The predicted octanol–water partition coefficient (Wildman–Crippen LogP) is -4.41. The molecule has 0 aromatic carbocycles. The molecule has 440 valence electrons. The number of piperidine rings is 1. The summed E-state index contributed by atoms with van der Waals surface area (Å²) >= 11 is 0. The standard InChI is InChI=1S/C48H79N11O19/c1-4-6-7-8-9-10-11-12-13-14-15-20-37(65)57-38(39(66)48(75)76)46(73)56-35(27-62)44(71)52-31(21-22-36(49)64)42(69)55-33(25-60)43(70)51-30(18-16-23-58(77)28(3)63)41(68)50-29(5-2)40(67)54-34(26-61)45(72)53-32-19-17-24-59(78)47(32)74/h5,10-11,30-35,38-39,60-62,66,77-78H,4,6-9,12-27H2,1-3H3,(H2,49,64)(H,50,68)(H,51,70)(H,52,71)(H,53,72)(H,54,67)(H,55,69)(H,56,73)(H,57,65)(H,75,76)/b11-10-,29-5-/t30-,31-,32+,33+,34+,35-,38+,39+/m0/s1. The van der Waals surface area contributed by atoms with Crippen LogP contribution in [0.3, 0.4) is 0 Å². The number of hydrogen-bond acceptors (Lipinski definition) is 18. The van der Waals surface area contributed by atoms with E-state index in [-0.39, 0.29) is 32.4 Å². The molecule has 1 fully saturated rings. The van der Waals surface area contributed by atoms with E-state index >= 15 is 0 Å². The van der Waals surface area contributed by atoms with Crippen molar-refractivity contribution in [3.05, 3.63) is 23.9 Å². The van der Waals surface area contributed by atoms with Crippen molar-refractivity contribution in [2.45, 2.75) is 172 Å². The number of aliphatic hydroxyl groups excluding tert-OH is 4. The number of amides is 11. The third-order valence-corrected chi connectivity index (χ3v) is 12.0. The smallest absolute Gasteiger partial charge is 0.335 e. The molecule has 0 radical (unpaired) electrons. The molecule has 1 aliphatic heterocycles. The Hall–Kier alpha value is -7.12. The number of nitrogens with zero attached hydrogens (tertiary/aromatic N) is 2. The van der Waals surface area contributed by atoms with Gasteiger partial charge in [0.2, 0.25) is 53.2 Å². The number of hydroxylamine groups is 4. The van der Waals surface area contributed by atoms with Crippen molar-refractivity contribution in [2.75, 3.05) is 32.9 Å². The molecule has 17 N–H and O–H groups in total. The molecule has 78 heavy (non-hydrogen) atoms. The number of nitrogens with one attached hydrogen (secondary N) is 8. The summed E-state index contributed by atoms with van der Waals surface area (Å²) in [7, 11) is 0. The summed E-state index contributed by atoms with van der Waals surface area (Å²) in [5.74, 6) is -14.0. The molecule has 1 saturated heterocycles. The zero-order valence-corrected chi connectivity index (χ0v) is 44.2. The van der Waals surface area contributed by atoms with Gasteiger partial charge in [-0.2, -0.15) is 0 Å². The van der Waals surface area contributed by atoms with Crippen molar-refractivity contribution in [3.63, 3.8) is 0 Å². The fraction of sp³-hybridized carbons (Fsp3) is 0.667. The number of primary amides is 1. The highest BCUT2D eigenvalue weighted by Crippen LogP contribution is 2.12. The molecule has 30 nitrogen and oxygen atoms in total. The number of carboxylic acids is 1. The summed E-state index contributed by atoms with van der Waals surface area (Å²) in [5.41, 5.74) is 4.72. The van der Waals surface area contributed by atoms with Crippen molar-refractivity contribution in [2.24, 2.45) is 5.73 Å². The number of unbranched alkanes of at least 4 members (excludes halogenated alkanes) is 7. The van der Waals surface area contributed by atoms with Crippen LogP contribution in [0.2, 0.25) is 0 Å². The van der Waals surface area contributed by atoms with Crippen LogP contribution < -0.4 is 48.3 Å². The number of hydrogen-bond donors (Lipinski definition) is 16. The summed E-state index contributed by atoms with van der Waals surface area (Å²) in [6.45, 7) is 0.667. The Labute approximate surface area is 450 Å². The van der Waals surface area contributed by atoms with Gasteiger partial charge in [-0.05, 0) is 71.1 Å². The second kappa shape index (κ2) is 37.6. The van der Waals surface area contributed by atoms with E-state index in [0.29, 0.717) is 29.4 Å². The zero-order chi connectivity index (χ0) is 58.9. The molecule has 0 saturated carbocycles. The SMILES string of the molecule is C/C=C(\NC(=O)[C@H](CCCN(O)C(C)=O)NC(=O)[C@@H](CO)NC(=O)[C@H](CCC(N)=O)NC(=O)[C@H](CO)NC(=O)[C@H](NC(=O)CCCCC/C=C\CCCCCC)[C@@H](O)C(=O)O)C(=O)N[C@H](CO)C(=O)N[C@@H]1CCCN(O)C1=O. The van der Waals surface area contributed by atoms with Crippen LogP contribution in [0.25, 0.3) is 0 Å². The number of allylic oxidation sites excluding steroid dienone is 3. The molecule has 0 aromatic heterocycles. The van der Waals surface area contributed by atoms with Crippen molar-refractivity contribution in [3.8, 4) is 0 Å². The summed E-state index contributed by atoms with van der Waals surface area (Å²) in [5, 5.41) is 87.7. The number of carboxylic acid groups (broad SMARTS) is 1. The molecule has 0 aliphatic carbocycles. The molecule has 1 heterocycles. The fourth-order valence-electron chi connectivity index (χ4n) is 7.39. The summed E-state index contributed by atoms with van der Waals surface area (Å²) in [4.78, 5) is 154. The molecule has 0 unspecified atom stereocenters. The fourth-order valence-corrected chi connectivity index (χ4v) is 7.39. The van der Waals surface area contributed by atoms with Crippen LogP contribution >= 0.6 is 0 Å². The summed E-state index contributed by atoms with van der Waals surface area (Å²) in [6.07, 6.45) is 9.18. The van der Waals surface area contributed by atoms with Crippen molar-refractivity contribution in [1.29, 1.82) is 0 Å². The van der Waals surface area contributed by atoms with Crippen LogP contribution in [0.5, 0.6) is 0 Å². The minimum Gasteiger partial charge on any atom is -0.479 e. The number of rotatable bonds is 38. The predicted molar refractivity (Wildman–Crippen MR) is 271 cm³/mol. The van der Waals surface area contributed by atoms with E-state index in [1.54, 1.807) is 0 Å². The maximum Gasteiger partial charge on any atom is 0.335 e. The highest BCUT2D eigenvalue weighted by molar-refractivity contribution is 6.02. The monoisotopic (exact) mass is 1110 g/mol. The molecular formula is C48H79N11O19. The highest BCUT2D eigenvalue weighted by atomic mass is 16.5. The first-order valence-corrected chi connectivity index (χ1v) is 25.7. The lowest BCUT2D eigenvalue weighted by atomic mass is 10.1. The molecule has 0 bridgehead atoms. The molecule has 1 aliphatic rings. The van der Waals surface area contributed by atoms with Gasteiger partial charge in [0.15, 0.2) is 6.10 Å². The number of carbonyl (C=O) groups excluding carboxylic acids is 11. The van der Waals surface area contributed by atoms with Gasteiger partial charge in [-0.3, -0.25) is 63.2 Å². The Kier molecular flexibility index (Phi) is 33.2. The Morgan fingerprint density at radius 2 is 1.22 bits per heavy atom. The largest absolute Gasteiger partial charge is 0.479 e. The van der Waals surface area contributed by atoms with E-state index in [1.807, 2.05) is 11.4 Å². The maximum atomic E-state index is 13.7. The minimum atomic E-state index is -2.53. The lowest BCUT2D eigenvalue weighted by Crippen LogP contribution is -2.62. The first-order valence-electron chi connectivity index (χ1n) is 25.7. The van der Waals surface area contributed by atoms with Crippen LogP contribution in [0.1, 0.15) is 124 Å². The van der Waals surface area contributed by atoms with E-state index in [4.69, 9.17) is 5.73 Å². The second-order valence-corrected chi connectivity index (χ2v) is 18.2. The third kappa shape index (κ3) is 25.8. The van der Waals surface area contributed by atoms with Gasteiger partial charge in [-0.25, -0.2) is 14.9 Å². The molecule has 8 atom stereocenters. The molecule has 0 spiro atoms. The average Bonchev–Trinajstić information content (AvgIpc) is 3.40. The molecule has 0 aromatic rings. The van der Waals surface area contributed by atoms with Gasteiger partial charge in [-0.1, -0.05) is 50.8 Å². The molecule has 1 rings (SSSR count). The van der Waals surface area contributed by atoms with Gasteiger partial charge in [-0.15, -0.1) is 0 Å². The van der Waals surface area contributed by atoms with E-state index in [1.165, 1.54) is 13.3 Å². The average molecular weight is 1110 g/mol. The Bertz CT molecular complexity index is 2110. The Morgan fingerprint density at radius 3 is 1.74 bits per heavy atom. The Morgan fingerprint density at radius 1 is 0.692 bits per heavy atom. The molecule has 30 heteroatoms. The van der Waals surface area contributed by atoms with Crippen molar-refractivity contribution in [1.82, 2.24) is 52.7 Å². The van der Waals surface area contributed by atoms with Crippen LogP contribution in [0, 0.1) is 0 Å². The summed E-state index contributed by atoms with van der Waals surface area (Å²) in [6, 6.07) is -12.5. The first-order chi connectivity index (χ1) is 37.0. The van der Waals surface area contributed by atoms with E-state index < -0.39 is 164 Å². The number of aliphatic hydroxyl groups is 4. The normalized spacial score (nSPS) is 16.2. The molecular weight excluding hydrogens is 1030 g/mol. The summed E-state index contributed by atoms with van der Waals surface area (Å²) < 4.78 is 0. The van der Waals surface area contributed by atoms with Crippen molar-refractivity contribution >= 4 is 70.9 Å². The highest BCUT2D eigenvalue weighted by Gasteiger charge is 2.38. The van der Waals surface area contributed by atoms with E-state index in [2.05, 4.69) is 50.2 Å². The van der Waals surface area contributed by atoms with Gasteiger partial charge in [0.05, 0.1) is 19.8 Å². The van der Waals surface area contributed by atoms with Gasteiger partial charge in [0, 0.05) is 32.9 Å². The minimum absolute atomic E-state index is 0.0224. The van der Waals surface area contributed by atoms with Gasteiger partial charge in [0.25, 0.3) is 11.8 Å². The van der Waals surface area contributed by atoms with E-state index in [9.17, 15) is 93.5 Å². The van der Waals surface area contributed by atoms with Crippen LogP contribution in [0.15, 0.2) is 23.9 Å².